The first kappa shape index (κ1) is 23.7. The van der Waals surface area contributed by atoms with Crippen molar-refractivity contribution in [3.8, 4) is 5.75 Å². The van der Waals surface area contributed by atoms with Gasteiger partial charge in [-0.15, -0.1) is 0 Å². The second kappa shape index (κ2) is 10.2. The minimum Gasteiger partial charge on any atom is -0.487 e. The number of carbonyl (C=O) groups is 3. The molecule has 0 bridgehead atoms. The minimum atomic E-state index is -0.776. The molecule has 1 N–H and O–H groups in total. The predicted molar refractivity (Wildman–Crippen MR) is 135 cm³/mol. The van der Waals surface area contributed by atoms with Crippen molar-refractivity contribution in [3.05, 3.63) is 98.5 Å². The van der Waals surface area contributed by atoms with Gasteiger partial charge in [0.2, 0.25) is 0 Å². The summed E-state index contributed by atoms with van der Waals surface area (Å²) in [6, 6.07) is 19.0. The molecule has 0 spiro atoms. The molecule has 4 rings (SSSR count). The van der Waals surface area contributed by atoms with Crippen LogP contribution in [0.4, 0.5) is 10.5 Å². The Kier molecular flexibility index (Phi) is 7.14. The van der Waals surface area contributed by atoms with Gasteiger partial charge in [0.15, 0.2) is 0 Å². The summed E-state index contributed by atoms with van der Waals surface area (Å²) in [5.41, 5.74) is 2.58. The van der Waals surface area contributed by atoms with E-state index in [9.17, 15) is 14.4 Å². The lowest BCUT2D eigenvalue weighted by Crippen LogP contribution is -2.54. The van der Waals surface area contributed by atoms with Gasteiger partial charge in [-0.05, 0) is 47.9 Å². The third-order valence-electron chi connectivity index (χ3n) is 5.32. The van der Waals surface area contributed by atoms with E-state index in [0.717, 1.165) is 20.5 Å². The predicted octanol–water partition coefficient (Wildman–Crippen LogP) is 5.91. The van der Waals surface area contributed by atoms with E-state index in [0.29, 0.717) is 35.1 Å². The topological polar surface area (TPSA) is 75.7 Å². The number of benzene rings is 3. The van der Waals surface area contributed by atoms with Crippen LogP contribution in [0.2, 0.25) is 5.02 Å². The number of carbonyl (C=O) groups excluding carboxylic acids is 3. The number of barbiturate groups is 1. The molecule has 8 heteroatoms. The number of hydrogen-bond acceptors (Lipinski definition) is 4. The van der Waals surface area contributed by atoms with E-state index in [1.807, 2.05) is 43.3 Å². The quantitative estimate of drug-likeness (QED) is 0.312. The van der Waals surface area contributed by atoms with E-state index in [1.54, 1.807) is 30.3 Å². The highest BCUT2D eigenvalue weighted by Crippen LogP contribution is 2.30. The molecular formula is C26H20BrClN2O4. The Morgan fingerprint density at radius 2 is 1.71 bits per heavy atom. The van der Waals surface area contributed by atoms with Crippen molar-refractivity contribution in [2.24, 2.45) is 0 Å². The Morgan fingerprint density at radius 3 is 2.41 bits per heavy atom. The molecule has 3 aromatic rings. The number of urea groups is 1. The van der Waals surface area contributed by atoms with E-state index in [2.05, 4.69) is 21.2 Å². The van der Waals surface area contributed by atoms with E-state index < -0.39 is 17.8 Å². The summed E-state index contributed by atoms with van der Waals surface area (Å²) in [5, 5.41) is 2.57. The number of nitrogens with one attached hydrogen (secondary N) is 1. The zero-order valence-electron chi connectivity index (χ0n) is 18.2. The molecule has 172 valence electrons. The first-order valence-corrected chi connectivity index (χ1v) is 11.7. The second-order valence-corrected chi connectivity index (χ2v) is 8.77. The summed E-state index contributed by atoms with van der Waals surface area (Å²) >= 11 is 9.88. The van der Waals surface area contributed by atoms with Crippen LogP contribution in [0.25, 0.3) is 6.08 Å². The van der Waals surface area contributed by atoms with Crippen LogP contribution in [0.5, 0.6) is 5.75 Å². The summed E-state index contributed by atoms with van der Waals surface area (Å²) in [5.74, 6) is -0.988. The van der Waals surface area contributed by atoms with Gasteiger partial charge in [0.1, 0.15) is 17.9 Å². The molecule has 6 nitrogen and oxygen atoms in total. The maximum absolute atomic E-state index is 13.2. The number of halogens is 2. The number of amides is 4. The van der Waals surface area contributed by atoms with Crippen molar-refractivity contribution in [1.82, 2.24) is 5.32 Å². The lowest BCUT2D eigenvalue weighted by atomic mass is 10.0. The maximum atomic E-state index is 13.2. The first-order valence-electron chi connectivity index (χ1n) is 10.5. The number of ether oxygens (including phenoxy) is 1. The Balaban J connectivity index is 1.59. The Hall–Kier alpha value is -3.42. The van der Waals surface area contributed by atoms with Crippen LogP contribution in [0.1, 0.15) is 23.6 Å². The molecule has 0 saturated carbocycles. The number of anilines is 1. The largest absolute Gasteiger partial charge is 0.487 e. The average Bonchev–Trinajstić information content (AvgIpc) is 2.82. The molecule has 34 heavy (non-hydrogen) atoms. The van der Waals surface area contributed by atoms with Crippen molar-refractivity contribution in [2.75, 3.05) is 4.90 Å². The van der Waals surface area contributed by atoms with Gasteiger partial charge in [0.05, 0.1) is 10.7 Å². The molecule has 1 fully saturated rings. The summed E-state index contributed by atoms with van der Waals surface area (Å²) < 4.78 is 6.75. The number of aryl methyl sites for hydroxylation is 1. The zero-order valence-corrected chi connectivity index (χ0v) is 20.5. The third kappa shape index (κ3) is 4.90. The van der Waals surface area contributed by atoms with Gasteiger partial charge < -0.3 is 4.74 Å². The number of nitrogens with zero attached hydrogens (tertiary/aromatic N) is 1. The summed E-state index contributed by atoms with van der Waals surface area (Å²) in [4.78, 5) is 39.1. The van der Waals surface area contributed by atoms with Crippen LogP contribution in [-0.2, 0) is 22.6 Å². The normalized spacial score (nSPS) is 15.0. The van der Waals surface area contributed by atoms with Gasteiger partial charge in [-0.1, -0.05) is 76.9 Å². The van der Waals surface area contributed by atoms with Crippen molar-refractivity contribution < 1.29 is 19.1 Å². The lowest BCUT2D eigenvalue weighted by Gasteiger charge is -2.28. The van der Waals surface area contributed by atoms with E-state index >= 15 is 0 Å². The number of rotatable bonds is 6. The molecule has 0 radical (unpaired) electrons. The van der Waals surface area contributed by atoms with Gasteiger partial charge in [0.25, 0.3) is 11.8 Å². The molecule has 3 aromatic carbocycles. The van der Waals surface area contributed by atoms with Crippen LogP contribution < -0.4 is 15.0 Å². The number of para-hydroxylation sites is 1. The van der Waals surface area contributed by atoms with Crippen LogP contribution in [0.15, 0.2) is 76.8 Å². The molecule has 1 aliphatic rings. The van der Waals surface area contributed by atoms with Crippen LogP contribution in [0, 0.1) is 0 Å². The standard InChI is InChI=1S/C26H20BrClN2O4/c1-2-17-7-4-6-10-22(17)30-25(32)19(24(31)29-26(30)33)13-16-11-12-23(21(28)14-16)34-15-18-8-3-5-9-20(18)27/h3-14H,2,15H2,1H3,(H,29,31,33)/b19-13-. The fourth-order valence-corrected chi connectivity index (χ4v) is 4.21. The lowest BCUT2D eigenvalue weighted by molar-refractivity contribution is -0.122. The maximum Gasteiger partial charge on any atom is 0.335 e. The van der Waals surface area contributed by atoms with Gasteiger partial charge in [-0.3, -0.25) is 14.9 Å². The Labute approximate surface area is 210 Å². The first-order chi connectivity index (χ1) is 16.4. The highest BCUT2D eigenvalue weighted by molar-refractivity contribution is 9.10. The number of hydrogen-bond donors (Lipinski definition) is 1. The molecule has 0 unspecified atom stereocenters. The zero-order chi connectivity index (χ0) is 24.2. The van der Waals surface area contributed by atoms with E-state index in [4.69, 9.17) is 16.3 Å². The van der Waals surface area contributed by atoms with Crippen LogP contribution >= 0.6 is 27.5 Å². The summed E-state index contributed by atoms with van der Waals surface area (Å²) in [6.07, 6.45) is 2.03. The monoisotopic (exact) mass is 538 g/mol. The van der Waals surface area contributed by atoms with Crippen molar-refractivity contribution >= 4 is 57.1 Å². The van der Waals surface area contributed by atoms with Gasteiger partial charge in [-0.2, -0.15) is 0 Å². The number of imide groups is 2. The third-order valence-corrected chi connectivity index (χ3v) is 6.39. The van der Waals surface area contributed by atoms with Gasteiger partial charge in [-0.25, -0.2) is 9.69 Å². The highest BCUT2D eigenvalue weighted by atomic mass is 79.9. The molecule has 1 aliphatic heterocycles. The molecule has 0 aliphatic carbocycles. The average molecular weight is 540 g/mol. The van der Waals surface area contributed by atoms with Gasteiger partial charge >= 0.3 is 6.03 Å². The smallest absolute Gasteiger partial charge is 0.335 e. The highest BCUT2D eigenvalue weighted by Gasteiger charge is 2.37. The van der Waals surface area contributed by atoms with Gasteiger partial charge in [0, 0.05) is 10.0 Å². The molecule has 0 aromatic heterocycles. The Morgan fingerprint density at radius 1 is 1.00 bits per heavy atom. The SMILES string of the molecule is CCc1ccccc1N1C(=O)NC(=O)/C(=C/c2ccc(OCc3ccccc3Br)c(Cl)c2)C1=O. The second-order valence-electron chi connectivity index (χ2n) is 7.51. The summed E-state index contributed by atoms with van der Waals surface area (Å²) in [7, 11) is 0. The Bertz CT molecular complexity index is 1320. The van der Waals surface area contributed by atoms with Crippen LogP contribution in [-0.4, -0.2) is 17.8 Å². The van der Waals surface area contributed by atoms with Crippen molar-refractivity contribution in [1.29, 1.82) is 0 Å². The summed E-state index contributed by atoms with van der Waals surface area (Å²) in [6.45, 7) is 2.24. The minimum absolute atomic E-state index is 0.163. The molecule has 1 saturated heterocycles. The van der Waals surface area contributed by atoms with Crippen molar-refractivity contribution in [2.45, 2.75) is 20.0 Å². The van der Waals surface area contributed by atoms with E-state index in [-0.39, 0.29) is 5.57 Å². The van der Waals surface area contributed by atoms with E-state index in [1.165, 1.54) is 6.08 Å². The van der Waals surface area contributed by atoms with Crippen molar-refractivity contribution in [3.63, 3.8) is 0 Å². The fraction of sp³-hybridized carbons (Fsp3) is 0.115. The fourth-order valence-electron chi connectivity index (χ4n) is 3.57. The molecule has 1 heterocycles. The molecule has 4 amide bonds. The molecular weight excluding hydrogens is 520 g/mol. The molecule has 0 atom stereocenters. The van der Waals surface area contributed by atoms with Crippen LogP contribution in [0.3, 0.4) is 0 Å².